The van der Waals surface area contributed by atoms with Crippen molar-refractivity contribution >= 4 is 0 Å². The summed E-state index contributed by atoms with van der Waals surface area (Å²) in [7, 11) is 0. The second-order valence-corrected chi connectivity index (χ2v) is 15.4. The highest BCUT2D eigenvalue weighted by Gasteiger charge is 2.46. The fraction of sp³-hybridized carbons (Fsp3) is 0.0175. The van der Waals surface area contributed by atoms with E-state index in [1.54, 1.807) is 0 Å². The molecule has 0 bridgehead atoms. The van der Waals surface area contributed by atoms with E-state index in [-0.39, 0.29) is 0 Å². The number of rotatable bonds is 8. The average molecular weight is 779 g/mol. The van der Waals surface area contributed by atoms with Crippen LogP contribution in [0.1, 0.15) is 22.3 Å². The Labute approximate surface area is 355 Å². The van der Waals surface area contributed by atoms with Crippen molar-refractivity contribution in [3.63, 3.8) is 0 Å². The zero-order valence-electron chi connectivity index (χ0n) is 33.2. The van der Waals surface area contributed by atoms with Crippen LogP contribution in [-0.2, 0) is 5.41 Å². The molecule has 0 spiro atoms. The van der Waals surface area contributed by atoms with E-state index in [9.17, 15) is 0 Å². The molecule has 4 heteroatoms. The fourth-order valence-corrected chi connectivity index (χ4v) is 8.97. The van der Waals surface area contributed by atoms with Gasteiger partial charge in [-0.3, -0.25) is 4.98 Å². The minimum Gasteiger partial charge on any atom is -0.256 e. The van der Waals surface area contributed by atoms with Gasteiger partial charge in [-0.1, -0.05) is 200 Å². The van der Waals surface area contributed by atoms with E-state index in [0.29, 0.717) is 17.5 Å². The molecule has 0 saturated heterocycles. The van der Waals surface area contributed by atoms with Gasteiger partial charge in [0.25, 0.3) is 0 Å². The maximum atomic E-state index is 5.26. The van der Waals surface area contributed by atoms with Crippen LogP contribution in [0.4, 0.5) is 0 Å². The quantitative estimate of drug-likeness (QED) is 0.154. The summed E-state index contributed by atoms with van der Waals surface area (Å²) in [6.45, 7) is 0. The average Bonchev–Trinajstić information content (AvgIpc) is 3.65. The maximum absolute atomic E-state index is 5.26. The zero-order chi connectivity index (χ0) is 40.6. The molecule has 0 unspecified atom stereocenters. The Morgan fingerprint density at radius 1 is 0.279 bits per heavy atom. The van der Waals surface area contributed by atoms with E-state index >= 15 is 0 Å². The van der Waals surface area contributed by atoms with Crippen molar-refractivity contribution in [1.29, 1.82) is 0 Å². The normalized spacial score (nSPS) is 12.4. The molecule has 0 atom stereocenters. The number of pyridine rings is 1. The first-order valence-corrected chi connectivity index (χ1v) is 20.6. The van der Waals surface area contributed by atoms with Gasteiger partial charge in [0.05, 0.1) is 11.1 Å². The SMILES string of the molecule is c1ccc(-c2ccc(-c3nc(-c4ccc(-c5ccccc5)cc4)nc(-c4ccc5c(c4)C(c4ccccc4)(c4ccccc4)c4cc(-c6ccccn6)ccc4-5)n3)cc2)cc1. The Kier molecular flexibility index (Phi) is 9.02. The van der Waals surface area contributed by atoms with E-state index in [1.165, 1.54) is 33.4 Å². The molecule has 0 amide bonds. The van der Waals surface area contributed by atoms with Crippen LogP contribution < -0.4 is 0 Å². The highest BCUT2D eigenvalue weighted by Crippen LogP contribution is 2.57. The molecular formula is C57H38N4. The molecule has 2 aromatic heterocycles. The number of aromatic nitrogens is 4. The van der Waals surface area contributed by atoms with Crippen molar-refractivity contribution < 1.29 is 0 Å². The lowest BCUT2D eigenvalue weighted by molar-refractivity contribution is 0.769. The summed E-state index contributed by atoms with van der Waals surface area (Å²) in [5.74, 6) is 1.85. The van der Waals surface area contributed by atoms with Gasteiger partial charge in [0.15, 0.2) is 17.5 Å². The number of fused-ring (bicyclic) bond motifs is 3. The van der Waals surface area contributed by atoms with Crippen LogP contribution in [0.3, 0.4) is 0 Å². The smallest absolute Gasteiger partial charge is 0.164 e. The third kappa shape index (κ3) is 6.42. The lowest BCUT2D eigenvalue weighted by atomic mass is 9.67. The summed E-state index contributed by atoms with van der Waals surface area (Å²) in [5.41, 5.74) is 15.9. The lowest BCUT2D eigenvalue weighted by Crippen LogP contribution is -2.28. The van der Waals surface area contributed by atoms with Gasteiger partial charge in [-0.25, -0.2) is 15.0 Å². The largest absolute Gasteiger partial charge is 0.256 e. The Bertz CT molecular complexity index is 2990. The molecule has 1 aliphatic carbocycles. The minimum absolute atomic E-state index is 0.613. The second-order valence-electron chi connectivity index (χ2n) is 15.4. The Hall–Kier alpha value is -8.08. The molecule has 2 heterocycles. The Morgan fingerprint density at radius 2 is 0.639 bits per heavy atom. The van der Waals surface area contributed by atoms with Gasteiger partial charge in [-0.2, -0.15) is 0 Å². The van der Waals surface area contributed by atoms with Gasteiger partial charge in [-0.05, 0) is 79.9 Å². The fourth-order valence-electron chi connectivity index (χ4n) is 8.97. The summed E-state index contributed by atoms with van der Waals surface area (Å²) in [6.07, 6.45) is 1.86. The lowest BCUT2D eigenvalue weighted by Gasteiger charge is -2.34. The van der Waals surface area contributed by atoms with Gasteiger partial charge >= 0.3 is 0 Å². The van der Waals surface area contributed by atoms with E-state index in [2.05, 4.69) is 200 Å². The third-order valence-corrected chi connectivity index (χ3v) is 11.9. The summed E-state index contributed by atoms with van der Waals surface area (Å²) >= 11 is 0. The molecule has 0 aliphatic heterocycles. The van der Waals surface area contributed by atoms with Crippen molar-refractivity contribution in [1.82, 2.24) is 19.9 Å². The molecule has 0 saturated carbocycles. The molecular weight excluding hydrogens is 741 g/mol. The van der Waals surface area contributed by atoms with E-state index in [0.717, 1.165) is 50.2 Å². The van der Waals surface area contributed by atoms with Crippen LogP contribution >= 0.6 is 0 Å². The first kappa shape index (κ1) is 36.0. The maximum Gasteiger partial charge on any atom is 0.164 e. The molecule has 286 valence electrons. The molecule has 0 N–H and O–H groups in total. The summed E-state index contributed by atoms with van der Waals surface area (Å²) in [5, 5.41) is 0. The van der Waals surface area contributed by atoms with Gasteiger partial charge < -0.3 is 0 Å². The first-order valence-electron chi connectivity index (χ1n) is 20.6. The number of benzene rings is 8. The highest BCUT2D eigenvalue weighted by molar-refractivity contribution is 5.90. The predicted molar refractivity (Wildman–Crippen MR) is 248 cm³/mol. The predicted octanol–water partition coefficient (Wildman–Crippen LogP) is 13.6. The van der Waals surface area contributed by atoms with Crippen molar-refractivity contribution in [3.05, 3.63) is 253 Å². The second kappa shape index (κ2) is 15.3. The van der Waals surface area contributed by atoms with Crippen LogP contribution in [0, 0.1) is 0 Å². The van der Waals surface area contributed by atoms with Gasteiger partial charge in [0.1, 0.15) is 0 Å². The molecule has 61 heavy (non-hydrogen) atoms. The molecule has 0 radical (unpaired) electrons. The molecule has 4 nitrogen and oxygen atoms in total. The van der Waals surface area contributed by atoms with Crippen molar-refractivity contribution in [2.75, 3.05) is 0 Å². The minimum atomic E-state index is -0.632. The van der Waals surface area contributed by atoms with E-state index in [4.69, 9.17) is 19.9 Å². The summed E-state index contributed by atoms with van der Waals surface area (Å²) < 4.78 is 0. The van der Waals surface area contributed by atoms with Crippen molar-refractivity contribution in [3.8, 4) is 78.8 Å². The van der Waals surface area contributed by atoms with E-state index in [1.807, 2.05) is 30.5 Å². The number of hydrogen-bond donors (Lipinski definition) is 0. The molecule has 0 fully saturated rings. The Morgan fingerprint density at radius 3 is 1.10 bits per heavy atom. The summed E-state index contributed by atoms with van der Waals surface area (Å²) in [6, 6.07) is 79.2. The van der Waals surface area contributed by atoms with E-state index < -0.39 is 5.41 Å². The van der Waals surface area contributed by atoms with Crippen LogP contribution in [-0.4, -0.2) is 19.9 Å². The standard InChI is InChI=1S/C57H38N4/c1-5-15-39(16-6-1)41-24-28-43(29-25-41)54-59-55(44-30-26-42(27-31-44)40-17-7-2-8-18-40)61-56(60-54)46-33-35-50-49-34-32-45(53-23-13-14-36-58-53)37-51(49)57(52(50)38-46,47-19-9-3-10-20-47)48-21-11-4-12-22-48/h1-38H. The van der Waals surface area contributed by atoms with Crippen LogP contribution in [0.25, 0.3) is 78.8 Å². The van der Waals surface area contributed by atoms with Crippen LogP contribution in [0.2, 0.25) is 0 Å². The highest BCUT2D eigenvalue weighted by atomic mass is 15.0. The van der Waals surface area contributed by atoms with Crippen molar-refractivity contribution in [2.45, 2.75) is 5.41 Å². The third-order valence-electron chi connectivity index (χ3n) is 11.9. The summed E-state index contributed by atoms with van der Waals surface area (Å²) in [4.78, 5) is 20.4. The first-order chi connectivity index (χ1) is 30.2. The molecule has 10 aromatic rings. The number of hydrogen-bond acceptors (Lipinski definition) is 4. The van der Waals surface area contributed by atoms with Gasteiger partial charge in [0.2, 0.25) is 0 Å². The molecule has 1 aliphatic rings. The van der Waals surface area contributed by atoms with Gasteiger partial charge in [-0.15, -0.1) is 0 Å². The van der Waals surface area contributed by atoms with Crippen LogP contribution in [0.5, 0.6) is 0 Å². The Balaban J connectivity index is 1.11. The van der Waals surface area contributed by atoms with Crippen LogP contribution in [0.15, 0.2) is 231 Å². The molecule has 8 aromatic carbocycles. The molecule has 11 rings (SSSR count). The van der Waals surface area contributed by atoms with Gasteiger partial charge in [0, 0.05) is 28.5 Å². The zero-order valence-corrected chi connectivity index (χ0v) is 33.2. The topological polar surface area (TPSA) is 51.6 Å². The number of nitrogens with zero attached hydrogens (tertiary/aromatic N) is 4. The monoisotopic (exact) mass is 778 g/mol. The van der Waals surface area contributed by atoms with Crippen molar-refractivity contribution in [2.24, 2.45) is 0 Å².